The van der Waals surface area contributed by atoms with Gasteiger partial charge in [-0.05, 0) is 24.3 Å². The van der Waals surface area contributed by atoms with E-state index in [0.717, 1.165) is 0 Å². The molecule has 0 radical (unpaired) electrons. The van der Waals surface area contributed by atoms with Crippen molar-refractivity contribution in [1.29, 1.82) is 0 Å². The minimum atomic E-state index is -0.496. The molecule has 132 valence electrons. The Balaban J connectivity index is 0.00000225. The molecule has 8 heteroatoms. The van der Waals surface area contributed by atoms with Gasteiger partial charge in [0.05, 0.1) is 25.6 Å². The van der Waals surface area contributed by atoms with E-state index in [-0.39, 0.29) is 36.5 Å². The van der Waals surface area contributed by atoms with E-state index in [4.69, 9.17) is 9.47 Å². The van der Waals surface area contributed by atoms with Crippen molar-refractivity contribution in [2.24, 2.45) is 4.99 Å². The van der Waals surface area contributed by atoms with Gasteiger partial charge in [0.15, 0.2) is 0 Å². The first-order valence-corrected chi connectivity index (χ1v) is 7.25. The third-order valence-electron chi connectivity index (χ3n) is 3.57. The number of carbonyl (C=O) groups excluding carboxylic acids is 1. The zero-order chi connectivity index (χ0) is 17.1. The van der Waals surface area contributed by atoms with Crippen LogP contribution in [0.1, 0.15) is 0 Å². The monoisotopic (exact) mass is 365 g/mol. The summed E-state index contributed by atoms with van der Waals surface area (Å²) in [6, 6.07) is 11.2. The highest BCUT2D eigenvalue weighted by molar-refractivity contribution is 6.24. The predicted octanol–water partition coefficient (Wildman–Crippen LogP) is 3.08. The van der Waals surface area contributed by atoms with Crippen LogP contribution in [0.3, 0.4) is 0 Å². The lowest BCUT2D eigenvalue weighted by atomic mass is 10.2. The maximum absolute atomic E-state index is 14.1. The fourth-order valence-corrected chi connectivity index (χ4v) is 2.40. The van der Waals surface area contributed by atoms with Crippen molar-refractivity contribution < 1.29 is 18.7 Å². The van der Waals surface area contributed by atoms with Crippen molar-refractivity contribution in [3.05, 3.63) is 48.3 Å². The van der Waals surface area contributed by atoms with Gasteiger partial charge in [-0.15, -0.1) is 12.4 Å². The van der Waals surface area contributed by atoms with Crippen molar-refractivity contribution in [2.45, 2.75) is 0 Å². The molecule has 0 spiro atoms. The number of benzene rings is 2. The lowest BCUT2D eigenvalue weighted by molar-refractivity contribution is -0.115. The summed E-state index contributed by atoms with van der Waals surface area (Å²) >= 11 is 0. The number of nitrogens with zero attached hydrogens (tertiary/aromatic N) is 2. The number of amides is 1. The van der Waals surface area contributed by atoms with Crippen LogP contribution in [0.5, 0.6) is 11.5 Å². The lowest BCUT2D eigenvalue weighted by Crippen LogP contribution is -2.37. The van der Waals surface area contributed by atoms with E-state index in [1.807, 2.05) is 0 Å². The van der Waals surface area contributed by atoms with Crippen LogP contribution in [-0.4, -0.2) is 32.6 Å². The molecule has 2 aromatic carbocycles. The Kier molecular flexibility index (Phi) is 5.82. The van der Waals surface area contributed by atoms with Gasteiger partial charge in [0.25, 0.3) is 5.91 Å². The number of aliphatic imine (C=N–C) groups is 1. The molecule has 0 saturated carbocycles. The molecule has 0 fully saturated rings. The number of anilines is 2. The Morgan fingerprint density at radius 2 is 1.92 bits per heavy atom. The van der Waals surface area contributed by atoms with Crippen LogP contribution in [0, 0.1) is 5.82 Å². The summed E-state index contributed by atoms with van der Waals surface area (Å²) in [7, 11) is 3.08. The maximum atomic E-state index is 14.1. The molecule has 1 amide bonds. The summed E-state index contributed by atoms with van der Waals surface area (Å²) in [6.45, 7) is -0.0465. The molecule has 3 rings (SSSR count). The van der Waals surface area contributed by atoms with Crippen molar-refractivity contribution in [1.82, 2.24) is 0 Å². The van der Waals surface area contributed by atoms with Crippen LogP contribution < -0.4 is 19.7 Å². The predicted molar refractivity (Wildman–Crippen MR) is 96.6 cm³/mol. The van der Waals surface area contributed by atoms with Crippen LogP contribution in [0.15, 0.2) is 47.5 Å². The highest BCUT2D eigenvalue weighted by Crippen LogP contribution is 2.30. The number of halogens is 2. The van der Waals surface area contributed by atoms with Crippen LogP contribution in [0.2, 0.25) is 0 Å². The molecule has 0 aromatic heterocycles. The lowest BCUT2D eigenvalue weighted by Gasteiger charge is -2.21. The van der Waals surface area contributed by atoms with E-state index >= 15 is 0 Å². The van der Waals surface area contributed by atoms with Gasteiger partial charge in [-0.25, -0.2) is 14.3 Å². The summed E-state index contributed by atoms with van der Waals surface area (Å²) < 4.78 is 24.5. The molecule has 1 heterocycles. The second-order valence-corrected chi connectivity index (χ2v) is 5.01. The first-order chi connectivity index (χ1) is 11.6. The largest absolute Gasteiger partial charge is 0.497 e. The molecule has 0 bridgehead atoms. The van der Waals surface area contributed by atoms with Gasteiger partial charge in [-0.3, -0.25) is 4.79 Å². The average molecular weight is 366 g/mol. The van der Waals surface area contributed by atoms with E-state index in [1.54, 1.807) is 37.4 Å². The van der Waals surface area contributed by atoms with Crippen LogP contribution in [-0.2, 0) is 4.79 Å². The molecular weight excluding hydrogens is 349 g/mol. The summed E-state index contributed by atoms with van der Waals surface area (Å²) in [5, 5.41) is 3.03. The van der Waals surface area contributed by atoms with Gasteiger partial charge >= 0.3 is 0 Å². The van der Waals surface area contributed by atoms with Gasteiger partial charge in [-0.2, -0.15) is 0 Å². The first-order valence-electron chi connectivity index (χ1n) is 7.25. The van der Waals surface area contributed by atoms with Gasteiger partial charge in [0.2, 0.25) is 5.96 Å². The molecular formula is C17H17ClFN3O3. The third-order valence-corrected chi connectivity index (χ3v) is 3.57. The number of hydrogen-bond donors (Lipinski definition) is 1. The summed E-state index contributed by atoms with van der Waals surface area (Å²) in [5.74, 6) is 0.588. The average Bonchev–Trinajstić information content (AvgIpc) is 2.96. The van der Waals surface area contributed by atoms with E-state index in [1.165, 1.54) is 24.1 Å². The van der Waals surface area contributed by atoms with Crippen LogP contribution in [0.4, 0.5) is 15.8 Å². The van der Waals surface area contributed by atoms with Crippen molar-refractivity contribution in [2.75, 3.05) is 31.0 Å². The molecule has 6 nitrogen and oxygen atoms in total. The Hall–Kier alpha value is -2.80. The summed E-state index contributed by atoms with van der Waals surface area (Å²) in [6.07, 6.45) is 0. The maximum Gasteiger partial charge on any atom is 0.255 e. The van der Waals surface area contributed by atoms with Crippen LogP contribution >= 0.6 is 12.4 Å². The van der Waals surface area contributed by atoms with Gasteiger partial charge in [0.1, 0.15) is 23.9 Å². The fourth-order valence-electron chi connectivity index (χ4n) is 2.40. The van der Waals surface area contributed by atoms with Crippen molar-refractivity contribution in [3.63, 3.8) is 0 Å². The molecule has 1 N–H and O–H groups in total. The number of ether oxygens (including phenoxy) is 2. The number of nitrogens with one attached hydrogen (secondary N) is 1. The standard InChI is InChI=1S/C17H16FN3O3.ClH/c1-23-11-7-8-13(15(9-11)24-2)20-17-19-10-16(22)21(17)14-6-4-3-5-12(14)18;/h3-9H,10H2,1-2H3,(H,19,20);1H. The molecule has 0 saturated heterocycles. The minimum Gasteiger partial charge on any atom is -0.497 e. The Morgan fingerprint density at radius 1 is 1.16 bits per heavy atom. The zero-order valence-electron chi connectivity index (χ0n) is 13.7. The Bertz CT molecular complexity index is 813. The van der Waals surface area contributed by atoms with Gasteiger partial charge in [0, 0.05) is 6.07 Å². The van der Waals surface area contributed by atoms with Gasteiger partial charge in [-0.1, -0.05) is 12.1 Å². The highest BCUT2D eigenvalue weighted by atomic mass is 35.5. The number of carbonyl (C=O) groups is 1. The van der Waals surface area contributed by atoms with E-state index in [2.05, 4.69) is 10.3 Å². The topological polar surface area (TPSA) is 63.2 Å². The van der Waals surface area contributed by atoms with E-state index in [9.17, 15) is 9.18 Å². The number of hydrogen-bond acceptors (Lipinski definition) is 5. The summed E-state index contributed by atoms with van der Waals surface area (Å²) in [4.78, 5) is 17.5. The quantitative estimate of drug-likeness (QED) is 0.904. The number of guanidine groups is 1. The first kappa shape index (κ1) is 18.5. The van der Waals surface area contributed by atoms with Crippen molar-refractivity contribution in [3.8, 4) is 11.5 Å². The molecule has 2 aromatic rings. The zero-order valence-corrected chi connectivity index (χ0v) is 14.5. The SMILES string of the molecule is COc1ccc(NC2=NCC(=O)N2c2ccccc2F)c(OC)c1.Cl. The minimum absolute atomic E-state index is 0. The molecule has 25 heavy (non-hydrogen) atoms. The molecule has 0 atom stereocenters. The second kappa shape index (κ2) is 7.85. The van der Waals surface area contributed by atoms with E-state index < -0.39 is 5.82 Å². The molecule has 1 aliphatic rings. The summed E-state index contributed by atoms with van der Waals surface area (Å²) in [5.41, 5.74) is 0.742. The number of rotatable bonds is 4. The fraction of sp³-hybridized carbons (Fsp3) is 0.176. The van der Waals surface area contributed by atoms with Crippen LogP contribution in [0.25, 0.3) is 0 Å². The van der Waals surface area contributed by atoms with Gasteiger partial charge < -0.3 is 14.8 Å². The molecule has 1 aliphatic heterocycles. The molecule has 0 unspecified atom stereocenters. The third kappa shape index (κ3) is 3.66. The van der Waals surface area contributed by atoms with E-state index in [0.29, 0.717) is 17.2 Å². The highest BCUT2D eigenvalue weighted by Gasteiger charge is 2.29. The molecule has 0 aliphatic carbocycles. The second-order valence-electron chi connectivity index (χ2n) is 5.01. The Labute approximate surface area is 150 Å². The number of methoxy groups -OCH3 is 2. The smallest absolute Gasteiger partial charge is 0.255 e. The normalized spacial score (nSPS) is 13.2. The Morgan fingerprint density at radius 3 is 2.60 bits per heavy atom. The number of para-hydroxylation sites is 1. The van der Waals surface area contributed by atoms with Crippen molar-refractivity contribution >= 4 is 35.6 Å².